The molecule has 2 N–H and O–H groups in total. The van der Waals surface area contributed by atoms with Crippen LogP contribution in [0.5, 0.6) is 0 Å². The van der Waals surface area contributed by atoms with E-state index in [4.69, 9.17) is 5.73 Å². The maximum atomic E-state index is 11.9. The summed E-state index contributed by atoms with van der Waals surface area (Å²) in [5, 5.41) is 8.54. The van der Waals surface area contributed by atoms with E-state index < -0.39 is 0 Å². The number of aromatic nitrogens is 5. The van der Waals surface area contributed by atoms with Gasteiger partial charge in [0.05, 0.1) is 6.54 Å². The molecule has 3 rings (SSSR count). The van der Waals surface area contributed by atoms with Gasteiger partial charge < -0.3 is 5.73 Å². The normalized spacial score (nSPS) is 11.1. The molecule has 0 aromatic carbocycles. The molecular formula is C9H8N6OS. The smallest absolute Gasteiger partial charge is 0.350 e. The second-order valence-corrected chi connectivity index (χ2v) is 4.24. The molecule has 0 atom stereocenters. The maximum Gasteiger partial charge on any atom is 0.350 e. The number of nitrogens with two attached hydrogens (primary N) is 1. The Bertz CT molecular complexity index is 726. The van der Waals surface area contributed by atoms with Gasteiger partial charge in [-0.15, -0.1) is 10.2 Å². The van der Waals surface area contributed by atoms with Crippen LogP contribution >= 0.6 is 11.5 Å². The molecule has 0 aliphatic heterocycles. The summed E-state index contributed by atoms with van der Waals surface area (Å²) >= 11 is 1.10. The summed E-state index contributed by atoms with van der Waals surface area (Å²) in [5.74, 6) is 0. The van der Waals surface area contributed by atoms with Gasteiger partial charge in [0.25, 0.3) is 0 Å². The fourth-order valence-corrected chi connectivity index (χ4v) is 1.98. The second-order valence-electron chi connectivity index (χ2n) is 3.45. The number of fused-ring (bicyclic) bond motifs is 1. The predicted octanol–water partition coefficient (Wildman–Crippen LogP) is -0.0220. The van der Waals surface area contributed by atoms with Crippen molar-refractivity contribution in [1.82, 2.24) is 23.8 Å². The zero-order chi connectivity index (χ0) is 11.8. The van der Waals surface area contributed by atoms with Crippen LogP contribution in [0.3, 0.4) is 0 Å². The molecule has 0 fully saturated rings. The standard InChI is InChI=1S/C9H8N6OS/c10-8-6(11-13-17-8)5-15-9(16)14-4-2-1-3-7(14)12-15/h1-4H,5,10H2. The van der Waals surface area contributed by atoms with E-state index in [0.29, 0.717) is 16.3 Å². The van der Waals surface area contributed by atoms with Crippen molar-refractivity contribution in [3.05, 3.63) is 40.6 Å². The van der Waals surface area contributed by atoms with E-state index in [9.17, 15) is 4.79 Å². The third kappa shape index (κ3) is 1.58. The number of hydrogen-bond acceptors (Lipinski definition) is 6. The first-order valence-corrected chi connectivity index (χ1v) is 5.64. The molecule has 0 bridgehead atoms. The van der Waals surface area contributed by atoms with Gasteiger partial charge in [-0.05, 0) is 12.1 Å². The average molecular weight is 248 g/mol. The molecule has 0 radical (unpaired) electrons. The van der Waals surface area contributed by atoms with Gasteiger partial charge >= 0.3 is 5.69 Å². The fraction of sp³-hybridized carbons (Fsp3) is 0.111. The Kier molecular flexibility index (Phi) is 2.15. The van der Waals surface area contributed by atoms with Crippen molar-refractivity contribution in [3.63, 3.8) is 0 Å². The van der Waals surface area contributed by atoms with E-state index in [1.807, 2.05) is 6.07 Å². The zero-order valence-electron chi connectivity index (χ0n) is 8.65. The van der Waals surface area contributed by atoms with E-state index in [1.165, 1.54) is 9.08 Å². The summed E-state index contributed by atoms with van der Waals surface area (Å²) in [7, 11) is 0. The van der Waals surface area contributed by atoms with Crippen molar-refractivity contribution in [2.75, 3.05) is 5.73 Å². The Hall–Kier alpha value is -2.22. The molecule has 0 saturated heterocycles. The van der Waals surface area contributed by atoms with Crippen molar-refractivity contribution < 1.29 is 0 Å². The lowest BCUT2D eigenvalue weighted by atomic mass is 10.5. The molecule has 8 heteroatoms. The first kappa shape index (κ1) is 9.97. The summed E-state index contributed by atoms with van der Waals surface area (Å²) in [6.45, 7) is 0.239. The number of hydrogen-bond donors (Lipinski definition) is 1. The topological polar surface area (TPSA) is 91.1 Å². The van der Waals surface area contributed by atoms with Gasteiger partial charge in [-0.1, -0.05) is 10.6 Å². The third-order valence-electron chi connectivity index (χ3n) is 2.37. The van der Waals surface area contributed by atoms with Crippen LogP contribution in [0, 0.1) is 0 Å². The Morgan fingerprint density at radius 1 is 1.41 bits per heavy atom. The summed E-state index contributed by atoms with van der Waals surface area (Å²) in [6, 6.07) is 5.37. The van der Waals surface area contributed by atoms with Gasteiger partial charge in [0, 0.05) is 17.7 Å². The van der Waals surface area contributed by atoms with E-state index in [2.05, 4.69) is 14.7 Å². The summed E-state index contributed by atoms with van der Waals surface area (Å²) in [4.78, 5) is 11.9. The lowest BCUT2D eigenvalue weighted by Gasteiger charge is -1.94. The number of pyridine rings is 1. The van der Waals surface area contributed by atoms with E-state index in [-0.39, 0.29) is 12.2 Å². The molecule has 0 amide bonds. The average Bonchev–Trinajstić information content (AvgIpc) is 2.87. The van der Waals surface area contributed by atoms with Gasteiger partial charge in [-0.3, -0.25) is 4.40 Å². The van der Waals surface area contributed by atoms with Crippen LogP contribution in [0.4, 0.5) is 5.00 Å². The molecular weight excluding hydrogens is 240 g/mol. The SMILES string of the molecule is Nc1snnc1Cn1nc2ccccn2c1=O. The van der Waals surface area contributed by atoms with Crippen LogP contribution in [0.25, 0.3) is 5.65 Å². The Morgan fingerprint density at radius 3 is 3.00 bits per heavy atom. The van der Waals surface area contributed by atoms with Gasteiger partial charge in [-0.25, -0.2) is 9.48 Å². The molecule has 3 aromatic heterocycles. The second kappa shape index (κ2) is 3.67. The summed E-state index contributed by atoms with van der Waals surface area (Å²) in [5.41, 5.74) is 6.63. The fourth-order valence-electron chi connectivity index (χ4n) is 1.54. The first-order valence-electron chi connectivity index (χ1n) is 4.86. The van der Waals surface area contributed by atoms with Crippen molar-refractivity contribution in [2.24, 2.45) is 0 Å². The van der Waals surface area contributed by atoms with Crippen LogP contribution in [0.2, 0.25) is 0 Å². The molecule has 0 saturated carbocycles. The molecule has 17 heavy (non-hydrogen) atoms. The number of anilines is 1. The van der Waals surface area contributed by atoms with Gasteiger partial charge in [0.15, 0.2) is 5.65 Å². The minimum atomic E-state index is -0.215. The largest absolute Gasteiger partial charge is 0.388 e. The third-order valence-corrected chi connectivity index (χ3v) is 2.97. The highest BCUT2D eigenvalue weighted by Gasteiger charge is 2.10. The van der Waals surface area contributed by atoms with Crippen LogP contribution in [0.15, 0.2) is 29.2 Å². The van der Waals surface area contributed by atoms with E-state index >= 15 is 0 Å². The predicted molar refractivity (Wildman–Crippen MR) is 62.9 cm³/mol. The molecule has 0 unspecified atom stereocenters. The molecule has 0 spiro atoms. The lowest BCUT2D eigenvalue weighted by molar-refractivity contribution is 0.646. The van der Waals surface area contributed by atoms with E-state index in [1.54, 1.807) is 18.3 Å². The molecule has 3 heterocycles. The molecule has 0 aliphatic rings. The quantitative estimate of drug-likeness (QED) is 0.688. The highest BCUT2D eigenvalue weighted by atomic mass is 32.1. The minimum absolute atomic E-state index is 0.215. The lowest BCUT2D eigenvalue weighted by Crippen LogP contribution is -2.22. The van der Waals surface area contributed by atoms with Gasteiger partial charge in [0.1, 0.15) is 10.7 Å². The number of nitrogens with zero attached hydrogens (tertiary/aromatic N) is 5. The minimum Gasteiger partial charge on any atom is -0.388 e. The molecule has 86 valence electrons. The van der Waals surface area contributed by atoms with Crippen LogP contribution in [-0.2, 0) is 6.54 Å². The Labute approximate surface area is 99.3 Å². The van der Waals surface area contributed by atoms with Crippen molar-refractivity contribution in [1.29, 1.82) is 0 Å². The Balaban J connectivity index is 2.10. The number of nitrogen functional groups attached to an aromatic ring is 1. The zero-order valence-corrected chi connectivity index (χ0v) is 9.46. The summed E-state index contributed by atoms with van der Waals surface area (Å²) < 4.78 is 6.51. The van der Waals surface area contributed by atoms with Gasteiger partial charge in [0.2, 0.25) is 0 Å². The maximum absolute atomic E-state index is 11.9. The van der Waals surface area contributed by atoms with Gasteiger partial charge in [-0.2, -0.15) is 0 Å². The molecule has 7 nitrogen and oxygen atoms in total. The monoisotopic (exact) mass is 248 g/mol. The Morgan fingerprint density at radius 2 is 2.29 bits per heavy atom. The highest BCUT2D eigenvalue weighted by molar-refractivity contribution is 7.09. The molecule has 3 aromatic rings. The van der Waals surface area contributed by atoms with Crippen molar-refractivity contribution >= 4 is 22.2 Å². The first-order chi connectivity index (χ1) is 8.25. The van der Waals surface area contributed by atoms with Crippen molar-refractivity contribution in [2.45, 2.75) is 6.54 Å². The van der Waals surface area contributed by atoms with Crippen LogP contribution in [0.1, 0.15) is 5.69 Å². The van der Waals surface area contributed by atoms with Crippen LogP contribution in [-0.4, -0.2) is 23.8 Å². The van der Waals surface area contributed by atoms with Crippen molar-refractivity contribution in [3.8, 4) is 0 Å². The van der Waals surface area contributed by atoms with Crippen LogP contribution < -0.4 is 11.4 Å². The number of rotatable bonds is 2. The summed E-state index contributed by atoms with van der Waals surface area (Å²) in [6.07, 6.45) is 1.67. The van der Waals surface area contributed by atoms with E-state index in [0.717, 1.165) is 11.5 Å². The highest BCUT2D eigenvalue weighted by Crippen LogP contribution is 2.12. The molecule has 0 aliphatic carbocycles.